The molecule has 0 aliphatic heterocycles. The minimum Gasteiger partial charge on any atom is -0.481 e. The molecule has 0 amide bonds. The van der Waals surface area contributed by atoms with Gasteiger partial charge in [0.25, 0.3) is 0 Å². The summed E-state index contributed by atoms with van der Waals surface area (Å²) < 4.78 is 0. The third-order valence-corrected chi connectivity index (χ3v) is 3.31. The number of rotatable bonds is 6. The van der Waals surface area contributed by atoms with Crippen LogP contribution in [0.3, 0.4) is 0 Å². The summed E-state index contributed by atoms with van der Waals surface area (Å²) in [7, 11) is 0. The zero-order valence-electron chi connectivity index (χ0n) is 10.5. The molecule has 0 aliphatic carbocycles. The van der Waals surface area contributed by atoms with E-state index in [2.05, 4.69) is 0 Å². The van der Waals surface area contributed by atoms with Crippen LogP contribution < -0.4 is 0 Å². The van der Waals surface area contributed by atoms with Crippen LogP contribution in [0.1, 0.15) is 53.9 Å². The summed E-state index contributed by atoms with van der Waals surface area (Å²) >= 11 is 0. The molecule has 0 aromatic heterocycles. The third kappa shape index (κ3) is 3.82. The van der Waals surface area contributed by atoms with Crippen LogP contribution in [0, 0.1) is 11.3 Å². The molecule has 2 unspecified atom stereocenters. The number of hydrogen-bond donors (Lipinski definition) is 2. The van der Waals surface area contributed by atoms with Crippen molar-refractivity contribution in [3.63, 3.8) is 0 Å². The van der Waals surface area contributed by atoms with E-state index in [9.17, 15) is 15.0 Å². The lowest BCUT2D eigenvalue weighted by Gasteiger charge is -2.36. The molecule has 0 rings (SSSR count). The van der Waals surface area contributed by atoms with Crippen LogP contribution in [-0.4, -0.2) is 21.8 Å². The summed E-state index contributed by atoms with van der Waals surface area (Å²) in [6, 6.07) is 0. The molecule has 90 valence electrons. The molecule has 3 nitrogen and oxygen atoms in total. The molecule has 0 radical (unpaired) electrons. The monoisotopic (exact) mass is 216 g/mol. The van der Waals surface area contributed by atoms with E-state index in [4.69, 9.17) is 0 Å². The number of aliphatic carboxylic acids is 1. The van der Waals surface area contributed by atoms with Crippen molar-refractivity contribution in [2.24, 2.45) is 11.3 Å². The van der Waals surface area contributed by atoms with Gasteiger partial charge in [0.15, 0.2) is 0 Å². The lowest BCUT2D eigenvalue weighted by molar-refractivity contribution is -0.153. The van der Waals surface area contributed by atoms with E-state index in [0.717, 1.165) is 6.42 Å². The van der Waals surface area contributed by atoms with E-state index in [1.54, 1.807) is 13.8 Å². The molecule has 15 heavy (non-hydrogen) atoms. The molecule has 0 spiro atoms. The van der Waals surface area contributed by atoms with Crippen LogP contribution >= 0.6 is 0 Å². The van der Waals surface area contributed by atoms with Crippen molar-refractivity contribution in [1.82, 2.24) is 0 Å². The highest BCUT2D eigenvalue weighted by molar-refractivity contribution is 5.74. The lowest BCUT2D eigenvalue weighted by Crippen LogP contribution is -2.41. The highest BCUT2D eigenvalue weighted by Crippen LogP contribution is 2.36. The van der Waals surface area contributed by atoms with Crippen molar-refractivity contribution in [3.05, 3.63) is 0 Å². The van der Waals surface area contributed by atoms with E-state index in [0.29, 0.717) is 12.8 Å². The number of carboxylic acids is 1. The van der Waals surface area contributed by atoms with Crippen LogP contribution in [0.15, 0.2) is 0 Å². The smallest absolute Gasteiger partial charge is 0.309 e. The second kappa shape index (κ2) is 4.97. The predicted molar refractivity (Wildman–Crippen MR) is 60.7 cm³/mol. The van der Waals surface area contributed by atoms with E-state index < -0.39 is 17.0 Å². The van der Waals surface area contributed by atoms with Gasteiger partial charge < -0.3 is 10.2 Å². The van der Waals surface area contributed by atoms with Gasteiger partial charge in [-0.15, -0.1) is 0 Å². The average molecular weight is 216 g/mol. The first-order valence-electron chi connectivity index (χ1n) is 5.61. The number of carboxylic acid groups (broad SMARTS) is 1. The second-order valence-corrected chi connectivity index (χ2v) is 5.30. The molecule has 0 saturated heterocycles. The molecule has 0 fully saturated rings. The van der Waals surface area contributed by atoms with Crippen LogP contribution in [0.25, 0.3) is 0 Å². The maximum absolute atomic E-state index is 11.2. The van der Waals surface area contributed by atoms with Crippen LogP contribution in [0.4, 0.5) is 0 Å². The Labute approximate surface area is 92.5 Å². The van der Waals surface area contributed by atoms with Gasteiger partial charge in [0.2, 0.25) is 0 Å². The molecular weight excluding hydrogens is 192 g/mol. The first-order valence-corrected chi connectivity index (χ1v) is 5.61. The Morgan fingerprint density at radius 1 is 1.33 bits per heavy atom. The summed E-state index contributed by atoms with van der Waals surface area (Å²) in [5.74, 6) is -0.752. The fourth-order valence-electron chi connectivity index (χ4n) is 1.82. The Kier molecular flexibility index (Phi) is 4.78. The molecule has 0 bridgehead atoms. The Bertz CT molecular complexity index is 221. The van der Waals surface area contributed by atoms with Gasteiger partial charge in [-0.3, -0.25) is 4.79 Å². The van der Waals surface area contributed by atoms with Gasteiger partial charge in [-0.2, -0.15) is 0 Å². The quantitative estimate of drug-likeness (QED) is 0.717. The van der Waals surface area contributed by atoms with Crippen molar-refractivity contribution in [2.75, 3.05) is 0 Å². The molecule has 0 heterocycles. The summed E-state index contributed by atoms with van der Waals surface area (Å²) in [5, 5.41) is 19.3. The van der Waals surface area contributed by atoms with Gasteiger partial charge in [0.05, 0.1) is 11.0 Å². The SMILES string of the molecule is CCCC(C)(CC(C)(O)C(C)C)C(=O)O. The van der Waals surface area contributed by atoms with Gasteiger partial charge in [-0.1, -0.05) is 27.2 Å². The molecule has 0 aliphatic rings. The van der Waals surface area contributed by atoms with E-state index in [1.165, 1.54) is 0 Å². The Morgan fingerprint density at radius 2 is 1.80 bits per heavy atom. The molecule has 2 atom stereocenters. The van der Waals surface area contributed by atoms with Gasteiger partial charge in [0, 0.05) is 0 Å². The third-order valence-electron chi connectivity index (χ3n) is 3.31. The number of carbonyl (C=O) groups is 1. The predicted octanol–water partition coefficient (Wildman–Crippen LogP) is 2.67. The molecule has 3 heteroatoms. The maximum Gasteiger partial charge on any atom is 0.309 e. The van der Waals surface area contributed by atoms with Crippen LogP contribution in [0.2, 0.25) is 0 Å². The first kappa shape index (κ1) is 14.4. The topological polar surface area (TPSA) is 57.5 Å². The molecule has 2 N–H and O–H groups in total. The standard InChI is InChI=1S/C12H24O3/c1-6-7-11(4,10(13)14)8-12(5,15)9(2)3/h9,15H,6-8H2,1-5H3,(H,13,14). The summed E-state index contributed by atoms with van der Waals surface area (Å²) in [4.78, 5) is 11.2. The van der Waals surface area contributed by atoms with E-state index in [-0.39, 0.29) is 5.92 Å². The summed E-state index contributed by atoms with van der Waals surface area (Å²) in [6.07, 6.45) is 1.73. The first-order chi connectivity index (χ1) is 6.65. The Balaban J connectivity index is 4.76. The van der Waals surface area contributed by atoms with Crippen molar-refractivity contribution >= 4 is 5.97 Å². The van der Waals surface area contributed by atoms with E-state index in [1.807, 2.05) is 20.8 Å². The minimum absolute atomic E-state index is 0.0630. The molecule has 0 saturated carbocycles. The zero-order chi connectivity index (χ0) is 12.3. The molecular formula is C12H24O3. The van der Waals surface area contributed by atoms with Crippen LogP contribution in [-0.2, 0) is 4.79 Å². The molecule has 0 aromatic carbocycles. The van der Waals surface area contributed by atoms with Crippen molar-refractivity contribution in [3.8, 4) is 0 Å². The zero-order valence-corrected chi connectivity index (χ0v) is 10.5. The van der Waals surface area contributed by atoms with Gasteiger partial charge >= 0.3 is 5.97 Å². The highest BCUT2D eigenvalue weighted by atomic mass is 16.4. The lowest BCUT2D eigenvalue weighted by atomic mass is 9.73. The van der Waals surface area contributed by atoms with Crippen molar-refractivity contribution < 1.29 is 15.0 Å². The van der Waals surface area contributed by atoms with Crippen molar-refractivity contribution in [1.29, 1.82) is 0 Å². The van der Waals surface area contributed by atoms with Gasteiger partial charge in [0.1, 0.15) is 0 Å². The molecule has 0 aromatic rings. The van der Waals surface area contributed by atoms with Crippen molar-refractivity contribution in [2.45, 2.75) is 59.5 Å². The van der Waals surface area contributed by atoms with Crippen LogP contribution in [0.5, 0.6) is 0 Å². The highest BCUT2D eigenvalue weighted by Gasteiger charge is 2.40. The van der Waals surface area contributed by atoms with Gasteiger partial charge in [-0.05, 0) is 32.6 Å². The normalized spacial score (nSPS) is 19.7. The fraction of sp³-hybridized carbons (Fsp3) is 0.917. The Morgan fingerprint density at radius 3 is 2.07 bits per heavy atom. The minimum atomic E-state index is -0.914. The maximum atomic E-state index is 11.2. The summed E-state index contributed by atoms with van der Waals surface area (Å²) in [5.41, 5.74) is -1.73. The van der Waals surface area contributed by atoms with Gasteiger partial charge in [-0.25, -0.2) is 0 Å². The fourth-order valence-corrected chi connectivity index (χ4v) is 1.82. The average Bonchev–Trinajstić information content (AvgIpc) is 2.02. The van der Waals surface area contributed by atoms with E-state index >= 15 is 0 Å². The largest absolute Gasteiger partial charge is 0.481 e. The second-order valence-electron chi connectivity index (χ2n) is 5.30. The number of aliphatic hydroxyl groups is 1. The summed E-state index contributed by atoms with van der Waals surface area (Å²) in [6.45, 7) is 9.22. The number of hydrogen-bond acceptors (Lipinski definition) is 2. The Hall–Kier alpha value is -0.570.